The highest BCUT2D eigenvalue weighted by Gasteiger charge is 2.27. The maximum atomic E-state index is 13.1. The van der Waals surface area contributed by atoms with Crippen LogP contribution in [0.1, 0.15) is 5.56 Å². The number of amides is 1. The fourth-order valence-corrected chi connectivity index (χ4v) is 3.64. The second-order valence-electron chi connectivity index (χ2n) is 6.16. The number of alkyl halides is 3. The van der Waals surface area contributed by atoms with Gasteiger partial charge in [0.1, 0.15) is 6.54 Å². The zero-order chi connectivity index (χ0) is 21.2. The van der Waals surface area contributed by atoms with E-state index in [-0.39, 0.29) is 16.5 Å². The predicted molar refractivity (Wildman–Crippen MR) is 107 cm³/mol. The first-order valence-electron chi connectivity index (χ1n) is 8.40. The summed E-state index contributed by atoms with van der Waals surface area (Å²) in [4.78, 5) is 29.4. The SMILES string of the molecule is Cc1ccccc1-n1c(SCC(=O)NCC(F)(F)F)nc2cc(Cl)ccc2c1=O. The van der Waals surface area contributed by atoms with Gasteiger partial charge in [0.25, 0.3) is 5.56 Å². The second-order valence-corrected chi connectivity index (χ2v) is 7.54. The average Bonchev–Trinajstić information content (AvgIpc) is 2.65. The summed E-state index contributed by atoms with van der Waals surface area (Å²) in [5, 5.41) is 2.71. The number of hydrogen-bond donors (Lipinski definition) is 1. The molecule has 29 heavy (non-hydrogen) atoms. The number of rotatable bonds is 5. The van der Waals surface area contributed by atoms with Gasteiger partial charge in [-0.3, -0.25) is 14.2 Å². The lowest BCUT2D eigenvalue weighted by Crippen LogP contribution is -2.35. The minimum absolute atomic E-state index is 0.182. The van der Waals surface area contributed by atoms with Gasteiger partial charge in [-0.05, 0) is 36.8 Å². The molecule has 1 N–H and O–H groups in total. The Kier molecular flexibility index (Phi) is 6.18. The van der Waals surface area contributed by atoms with E-state index in [1.54, 1.807) is 29.6 Å². The smallest absolute Gasteiger partial charge is 0.346 e. The van der Waals surface area contributed by atoms with Gasteiger partial charge in [0, 0.05) is 5.02 Å². The van der Waals surface area contributed by atoms with Crippen molar-refractivity contribution >= 4 is 40.2 Å². The van der Waals surface area contributed by atoms with E-state index in [4.69, 9.17) is 11.6 Å². The molecule has 0 aliphatic carbocycles. The van der Waals surface area contributed by atoms with Gasteiger partial charge in [-0.1, -0.05) is 41.6 Å². The van der Waals surface area contributed by atoms with Gasteiger partial charge < -0.3 is 5.32 Å². The first-order chi connectivity index (χ1) is 13.7. The quantitative estimate of drug-likeness (QED) is 0.478. The number of halogens is 4. The van der Waals surface area contributed by atoms with E-state index in [0.717, 1.165) is 17.3 Å². The van der Waals surface area contributed by atoms with Crippen molar-refractivity contribution in [2.45, 2.75) is 18.3 Å². The lowest BCUT2D eigenvalue weighted by Gasteiger charge is -2.15. The Morgan fingerprint density at radius 3 is 2.66 bits per heavy atom. The first-order valence-corrected chi connectivity index (χ1v) is 9.76. The number of nitrogens with one attached hydrogen (secondary N) is 1. The maximum absolute atomic E-state index is 13.1. The van der Waals surface area contributed by atoms with E-state index in [0.29, 0.717) is 21.6 Å². The highest BCUT2D eigenvalue weighted by atomic mass is 35.5. The Bertz CT molecular complexity index is 1130. The molecule has 152 valence electrons. The van der Waals surface area contributed by atoms with Crippen molar-refractivity contribution < 1.29 is 18.0 Å². The molecule has 0 aliphatic heterocycles. The van der Waals surface area contributed by atoms with Crippen molar-refractivity contribution in [2.75, 3.05) is 12.3 Å². The number of aryl methyl sites for hydroxylation is 1. The highest BCUT2D eigenvalue weighted by molar-refractivity contribution is 7.99. The van der Waals surface area contributed by atoms with Crippen LogP contribution in [0.5, 0.6) is 0 Å². The molecule has 0 spiro atoms. The molecule has 0 aliphatic rings. The van der Waals surface area contributed by atoms with Crippen LogP contribution in [0.3, 0.4) is 0 Å². The van der Waals surface area contributed by atoms with Gasteiger partial charge in [0.15, 0.2) is 5.16 Å². The number of thioether (sulfide) groups is 1. The lowest BCUT2D eigenvalue weighted by atomic mass is 10.2. The van der Waals surface area contributed by atoms with Crippen molar-refractivity contribution in [1.29, 1.82) is 0 Å². The van der Waals surface area contributed by atoms with E-state index in [1.807, 2.05) is 19.1 Å². The summed E-state index contributed by atoms with van der Waals surface area (Å²) in [5.41, 5.74) is 1.35. The first kappa shape index (κ1) is 21.2. The summed E-state index contributed by atoms with van der Waals surface area (Å²) in [6.45, 7) is 0.399. The van der Waals surface area contributed by atoms with Crippen LogP contribution in [0.4, 0.5) is 13.2 Å². The van der Waals surface area contributed by atoms with E-state index in [1.165, 1.54) is 10.6 Å². The summed E-state index contributed by atoms with van der Waals surface area (Å²) in [5.74, 6) is -1.15. The summed E-state index contributed by atoms with van der Waals surface area (Å²) >= 11 is 6.86. The zero-order valence-corrected chi connectivity index (χ0v) is 16.7. The molecule has 1 aromatic heterocycles. The van der Waals surface area contributed by atoms with Crippen LogP contribution in [0.25, 0.3) is 16.6 Å². The molecule has 1 heterocycles. The van der Waals surface area contributed by atoms with Gasteiger partial charge >= 0.3 is 6.18 Å². The predicted octanol–water partition coefficient (Wildman–Crippen LogP) is 4.12. The van der Waals surface area contributed by atoms with E-state index in [9.17, 15) is 22.8 Å². The number of aromatic nitrogens is 2. The minimum atomic E-state index is -4.50. The summed E-state index contributed by atoms with van der Waals surface area (Å²) < 4.78 is 38.2. The molecule has 0 unspecified atom stereocenters. The number of carbonyl (C=O) groups is 1. The maximum Gasteiger partial charge on any atom is 0.405 e. The average molecular weight is 442 g/mol. The van der Waals surface area contributed by atoms with Crippen LogP contribution >= 0.6 is 23.4 Å². The minimum Gasteiger partial charge on any atom is -0.346 e. The monoisotopic (exact) mass is 441 g/mol. The standard InChI is InChI=1S/C19H15ClF3N3O2S/c1-11-4-2-3-5-15(11)26-17(28)13-7-6-12(20)8-14(13)25-18(26)29-9-16(27)24-10-19(21,22)23/h2-8H,9-10H2,1H3,(H,24,27). The number of fused-ring (bicyclic) bond motifs is 1. The molecule has 10 heteroatoms. The molecule has 0 radical (unpaired) electrons. The molecular formula is C19H15ClF3N3O2S. The largest absolute Gasteiger partial charge is 0.405 e. The molecule has 0 saturated carbocycles. The van der Waals surface area contributed by atoms with Crippen molar-refractivity contribution in [1.82, 2.24) is 14.9 Å². The van der Waals surface area contributed by atoms with Crippen molar-refractivity contribution in [2.24, 2.45) is 0 Å². The number of hydrogen-bond acceptors (Lipinski definition) is 4. The van der Waals surface area contributed by atoms with Gasteiger partial charge in [-0.25, -0.2) is 4.98 Å². The van der Waals surface area contributed by atoms with E-state index >= 15 is 0 Å². The number of para-hydroxylation sites is 1. The Labute approximate surface area is 172 Å². The van der Waals surface area contributed by atoms with Crippen molar-refractivity contribution in [3.05, 3.63) is 63.4 Å². The Balaban J connectivity index is 2.02. The van der Waals surface area contributed by atoms with Gasteiger partial charge in [0.2, 0.25) is 5.91 Å². The van der Waals surface area contributed by atoms with Crippen LogP contribution in [0.15, 0.2) is 52.4 Å². The van der Waals surface area contributed by atoms with Crippen LogP contribution in [-0.2, 0) is 4.79 Å². The third-order valence-electron chi connectivity index (χ3n) is 3.98. The molecule has 0 saturated heterocycles. The van der Waals surface area contributed by atoms with Gasteiger partial charge in [0.05, 0.1) is 22.3 Å². The molecule has 2 aromatic carbocycles. The van der Waals surface area contributed by atoms with Crippen LogP contribution in [0, 0.1) is 6.92 Å². The normalized spacial score (nSPS) is 11.6. The molecule has 0 atom stereocenters. The van der Waals surface area contributed by atoms with E-state index < -0.39 is 18.6 Å². The van der Waals surface area contributed by atoms with Crippen molar-refractivity contribution in [3.8, 4) is 5.69 Å². The fraction of sp³-hybridized carbons (Fsp3) is 0.211. The fourth-order valence-electron chi connectivity index (χ4n) is 2.64. The lowest BCUT2D eigenvalue weighted by molar-refractivity contribution is -0.136. The third kappa shape index (κ3) is 5.10. The Morgan fingerprint density at radius 1 is 1.24 bits per heavy atom. The van der Waals surface area contributed by atoms with Crippen LogP contribution in [-0.4, -0.2) is 33.9 Å². The second kappa shape index (κ2) is 8.46. The topological polar surface area (TPSA) is 64.0 Å². The molecule has 3 aromatic rings. The van der Waals surface area contributed by atoms with Gasteiger partial charge in [-0.15, -0.1) is 0 Å². The molecule has 3 rings (SSSR count). The molecule has 5 nitrogen and oxygen atoms in total. The highest BCUT2D eigenvalue weighted by Crippen LogP contribution is 2.24. The van der Waals surface area contributed by atoms with E-state index in [2.05, 4.69) is 4.98 Å². The zero-order valence-electron chi connectivity index (χ0n) is 15.1. The Morgan fingerprint density at radius 2 is 1.97 bits per heavy atom. The number of carbonyl (C=O) groups excluding carboxylic acids is 1. The molecule has 0 bridgehead atoms. The van der Waals surface area contributed by atoms with Crippen molar-refractivity contribution in [3.63, 3.8) is 0 Å². The third-order valence-corrected chi connectivity index (χ3v) is 5.15. The number of benzene rings is 2. The molecular weight excluding hydrogens is 427 g/mol. The summed E-state index contributed by atoms with van der Waals surface area (Å²) in [6.07, 6.45) is -4.50. The van der Waals surface area contributed by atoms with Crippen LogP contribution < -0.4 is 10.9 Å². The summed E-state index contributed by atoms with van der Waals surface area (Å²) in [7, 11) is 0. The van der Waals surface area contributed by atoms with Gasteiger partial charge in [-0.2, -0.15) is 13.2 Å². The molecule has 0 fully saturated rings. The molecule has 1 amide bonds. The number of nitrogens with zero attached hydrogens (tertiary/aromatic N) is 2. The summed E-state index contributed by atoms with van der Waals surface area (Å²) in [6, 6.07) is 11.8. The Hall–Kier alpha value is -2.52. The van der Waals surface area contributed by atoms with Crippen LogP contribution in [0.2, 0.25) is 5.02 Å².